The zero-order valence-electron chi connectivity index (χ0n) is 13.6. The summed E-state index contributed by atoms with van der Waals surface area (Å²) in [6.45, 7) is 0. The van der Waals surface area contributed by atoms with Crippen LogP contribution in [0.25, 0.3) is 0 Å². The average molecular weight is 368 g/mol. The molecule has 3 aromatic rings. The normalized spacial score (nSPS) is 11.9. The van der Waals surface area contributed by atoms with Crippen LogP contribution in [0.1, 0.15) is 27.6 Å². The number of Topliss-reactive ketones (excluding diaryl/α,β-unsaturated/α-hetero) is 1. The molecule has 2 nitrogen and oxygen atoms in total. The zero-order chi connectivity index (χ0) is 17.6. The van der Waals surface area contributed by atoms with Gasteiger partial charge in [0.1, 0.15) is 0 Å². The number of hydrogen-bond donors (Lipinski definition) is 1. The fourth-order valence-corrected chi connectivity index (χ4v) is 4.17. The number of nitrogen functional groups attached to an aromatic ring is 1. The lowest BCUT2D eigenvalue weighted by molar-refractivity contribution is 0.0982. The molecule has 2 N–H and O–H groups in total. The molecule has 4 heteroatoms. The molecule has 0 amide bonds. The summed E-state index contributed by atoms with van der Waals surface area (Å²) in [6.07, 6.45) is 0.354. The Morgan fingerprint density at radius 2 is 1.56 bits per heavy atom. The molecule has 126 valence electrons. The predicted octanol–water partition coefficient (Wildman–Crippen LogP) is 6.03. The molecule has 0 aliphatic carbocycles. The minimum atomic E-state index is -0.105. The molecular weight excluding hydrogens is 350 g/mol. The number of anilines is 1. The summed E-state index contributed by atoms with van der Waals surface area (Å²) < 4.78 is 0. The highest BCUT2D eigenvalue weighted by Crippen LogP contribution is 2.43. The van der Waals surface area contributed by atoms with E-state index in [9.17, 15) is 4.79 Å². The van der Waals surface area contributed by atoms with Gasteiger partial charge >= 0.3 is 0 Å². The number of hydrogen-bond acceptors (Lipinski definition) is 3. The first-order valence-corrected chi connectivity index (χ1v) is 9.25. The number of ketones is 1. The van der Waals surface area contributed by atoms with Crippen molar-refractivity contribution in [2.24, 2.45) is 0 Å². The van der Waals surface area contributed by atoms with Gasteiger partial charge in [0.15, 0.2) is 5.78 Å². The van der Waals surface area contributed by atoms with Gasteiger partial charge in [-0.05, 0) is 23.8 Å². The smallest absolute Gasteiger partial charge is 0.164 e. The molecule has 1 atom stereocenters. The Balaban J connectivity index is 1.91. The quantitative estimate of drug-likeness (QED) is 0.328. The van der Waals surface area contributed by atoms with E-state index in [0.717, 1.165) is 10.5 Å². The van der Waals surface area contributed by atoms with Crippen LogP contribution in [0.15, 0.2) is 83.8 Å². The van der Waals surface area contributed by atoms with Crippen molar-refractivity contribution >= 4 is 34.8 Å². The maximum atomic E-state index is 12.7. The van der Waals surface area contributed by atoms with Gasteiger partial charge in [0, 0.05) is 32.8 Å². The number of nitrogens with two attached hydrogens (primary N) is 1. The standard InChI is InChI=1S/C21H18ClNOS/c22-17-11-5-4-10-16(17)21(25-20-13-7-6-12-18(20)23)14-19(24)15-8-2-1-3-9-15/h1-13,21H,14,23H2/t21-/m1/s1. The summed E-state index contributed by atoms with van der Waals surface area (Å²) in [6, 6.07) is 24.7. The molecule has 0 aliphatic heterocycles. The van der Waals surface area contributed by atoms with Gasteiger partial charge in [0.25, 0.3) is 0 Å². The topological polar surface area (TPSA) is 43.1 Å². The van der Waals surface area contributed by atoms with Crippen LogP contribution in [-0.2, 0) is 0 Å². The second-order valence-corrected chi connectivity index (χ2v) is 7.31. The van der Waals surface area contributed by atoms with Crippen molar-refractivity contribution in [3.05, 3.63) is 95.0 Å². The summed E-state index contributed by atoms with van der Waals surface area (Å²) >= 11 is 7.97. The summed E-state index contributed by atoms with van der Waals surface area (Å²) in [5.41, 5.74) is 8.45. The van der Waals surface area contributed by atoms with Gasteiger partial charge in [0.05, 0.1) is 0 Å². The van der Waals surface area contributed by atoms with E-state index >= 15 is 0 Å². The van der Waals surface area contributed by atoms with Crippen molar-refractivity contribution in [1.82, 2.24) is 0 Å². The molecule has 0 saturated heterocycles. The van der Waals surface area contributed by atoms with E-state index in [2.05, 4.69) is 0 Å². The second kappa shape index (κ2) is 8.24. The lowest BCUT2D eigenvalue weighted by atomic mass is 10.0. The SMILES string of the molecule is Nc1ccccc1S[C@H](CC(=O)c1ccccc1)c1ccccc1Cl. The molecule has 0 bridgehead atoms. The van der Waals surface area contributed by atoms with Gasteiger partial charge in [-0.3, -0.25) is 4.79 Å². The van der Waals surface area contributed by atoms with E-state index in [1.54, 1.807) is 11.8 Å². The number of carbonyl (C=O) groups is 1. The minimum Gasteiger partial charge on any atom is -0.398 e. The zero-order valence-corrected chi connectivity index (χ0v) is 15.1. The molecule has 25 heavy (non-hydrogen) atoms. The highest BCUT2D eigenvalue weighted by atomic mass is 35.5. The predicted molar refractivity (Wildman–Crippen MR) is 106 cm³/mol. The Labute approximate surface area is 157 Å². The van der Waals surface area contributed by atoms with E-state index in [0.29, 0.717) is 22.7 Å². The van der Waals surface area contributed by atoms with Crippen molar-refractivity contribution in [2.75, 3.05) is 5.73 Å². The highest BCUT2D eigenvalue weighted by Gasteiger charge is 2.21. The van der Waals surface area contributed by atoms with E-state index < -0.39 is 0 Å². The molecule has 0 aliphatic rings. The van der Waals surface area contributed by atoms with Crippen LogP contribution in [0.3, 0.4) is 0 Å². The van der Waals surface area contributed by atoms with Gasteiger partial charge in [-0.15, -0.1) is 11.8 Å². The molecule has 0 spiro atoms. The molecule has 0 aromatic heterocycles. The lowest BCUT2D eigenvalue weighted by Gasteiger charge is -2.19. The van der Waals surface area contributed by atoms with Crippen molar-refractivity contribution in [3.8, 4) is 0 Å². The highest BCUT2D eigenvalue weighted by molar-refractivity contribution is 7.99. The van der Waals surface area contributed by atoms with E-state index in [4.69, 9.17) is 17.3 Å². The maximum absolute atomic E-state index is 12.7. The molecule has 0 heterocycles. The van der Waals surface area contributed by atoms with Crippen LogP contribution in [0.2, 0.25) is 5.02 Å². The van der Waals surface area contributed by atoms with E-state index in [-0.39, 0.29) is 11.0 Å². The fourth-order valence-electron chi connectivity index (χ4n) is 2.60. The van der Waals surface area contributed by atoms with Gasteiger partial charge in [-0.1, -0.05) is 72.3 Å². The molecule has 3 rings (SSSR count). The number of para-hydroxylation sites is 1. The molecule has 3 aromatic carbocycles. The Morgan fingerprint density at radius 3 is 2.28 bits per heavy atom. The largest absolute Gasteiger partial charge is 0.398 e. The third-order valence-corrected chi connectivity index (χ3v) is 5.58. The minimum absolute atomic E-state index is 0.0903. The first-order chi connectivity index (χ1) is 12.1. The van der Waals surface area contributed by atoms with Crippen molar-refractivity contribution in [1.29, 1.82) is 0 Å². The van der Waals surface area contributed by atoms with Crippen molar-refractivity contribution < 1.29 is 4.79 Å². The molecule has 0 saturated carbocycles. The van der Waals surface area contributed by atoms with Gasteiger partial charge in [0.2, 0.25) is 0 Å². The van der Waals surface area contributed by atoms with E-state index in [1.165, 1.54) is 0 Å². The second-order valence-electron chi connectivity index (χ2n) is 5.66. The Kier molecular flexibility index (Phi) is 5.79. The van der Waals surface area contributed by atoms with Crippen LogP contribution < -0.4 is 5.73 Å². The maximum Gasteiger partial charge on any atom is 0.164 e. The van der Waals surface area contributed by atoms with Crippen molar-refractivity contribution in [2.45, 2.75) is 16.6 Å². The summed E-state index contributed by atoms with van der Waals surface area (Å²) in [5, 5.41) is 0.557. The third-order valence-electron chi connectivity index (χ3n) is 3.91. The number of halogens is 1. The fraction of sp³-hybridized carbons (Fsp3) is 0.0952. The van der Waals surface area contributed by atoms with Crippen molar-refractivity contribution in [3.63, 3.8) is 0 Å². The van der Waals surface area contributed by atoms with Crippen LogP contribution in [0.5, 0.6) is 0 Å². The molecule has 0 unspecified atom stereocenters. The number of benzene rings is 3. The lowest BCUT2D eigenvalue weighted by Crippen LogP contribution is -2.06. The number of rotatable bonds is 6. The Hall–Kier alpha value is -2.23. The Morgan fingerprint density at radius 1 is 0.920 bits per heavy atom. The molecular formula is C21H18ClNOS. The first kappa shape index (κ1) is 17.6. The van der Waals surface area contributed by atoms with Gasteiger partial charge in [-0.25, -0.2) is 0 Å². The summed E-state index contributed by atoms with van der Waals surface area (Å²) in [5.74, 6) is 0.0903. The number of carbonyl (C=O) groups excluding carboxylic acids is 1. The van der Waals surface area contributed by atoms with Crippen LogP contribution >= 0.6 is 23.4 Å². The summed E-state index contributed by atoms with van der Waals surface area (Å²) in [4.78, 5) is 13.7. The third kappa shape index (κ3) is 4.44. The van der Waals surface area contributed by atoms with E-state index in [1.807, 2.05) is 78.9 Å². The number of thioether (sulfide) groups is 1. The first-order valence-electron chi connectivity index (χ1n) is 7.99. The Bertz CT molecular complexity index is 867. The molecule has 0 radical (unpaired) electrons. The van der Waals surface area contributed by atoms with Gasteiger partial charge in [-0.2, -0.15) is 0 Å². The summed E-state index contributed by atoms with van der Waals surface area (Å²) in [7, 11) is 0. The van der Waals surface area contributed by atoms with Crippen LogP contribution in [-0.4, -0.2) is 5.78 Å². The average Bonchev–Trinajstić information content (AvgIpc) is 2.64. The van der Waals surface area contributed by atoms with Crippen LogP contribution in [0, 0.1) is 0 Å². The monoisotopic (exact) mass is 367 g/mol. The molecule has 0 fully saturated rings. The van der Waals surface area contributed by atoms with Gasteiger partial charge < -0.3 is 5.73 Å². The van der Waals surface area contributed by atoms with Crippen LogP contribution in [0.4, 0.5) is 5.69 Å².